The molecule has 0 unspecified atom stereocenters. The van der Waals surface area contributed by atoms with E-state index in [1.54, 1.807) is 4.90 Å². The lowest BCUT2D eigenvalue weighted by atomic mass is 9.86. The highest BCUT2D eigenvalue weighted by Gasteiger charge is 2.42. The maximum Gasteiger partial charge on any atom is 0.324 e. The second kappa shape index (κ2) is 7.38. The van der Waals surface area contributed by atoms with Crippen LogP contribution >= 0.6 is 0 Å². The van der Waals surface area contributed by atoms with Crippen LogP contribution in [0.2, 0.25) is 0 Å². The summed E-state index contributed by atoms with van der Waals surface area (Å²) < 4.78 is 0. The molecule has 0 spiro atoms. The van der Waals surface area contributed by atoms with Crippen LogP contribution in [0.4, 0.5) is 9.59 Å². The molecule has 0 aromatic rings. The first-order valence-electron chi connectivity index (χ1n) is 8.88. The number of nitrogens with one attached hydrogen (secondary N) is 3. The molecule has 0 aromatic carbocycles. The molecule has 2 saturated heterocycles. The average Bonchev–Trinajstić information content (AvgIpc) is 2.83. The lowest BCUT2D eigenvalue weighted by Crippen LogP contribution is -2.56. The summed E-state index contributed by atoms with van der Waals surface area (Å²) in [7, 11) is 0. The Bertz CT molecular complexity index is 581. The second-order valence-corrected chi connectivity index (χ2v) is 7.13. The van der Waals surface area contributed by atoms with Crippen molar-refractivity contribution in [2.24, 2.45) is 5.92 Å². The molecule has 2 aliphatic heterocycles. The molecule has 3 aliphatic rings. The quantitative estimate of drug-likeness (QED) is 0.601. The van der Waals surface area contributed by atoms with Crippen LogP contribution in [-0.4, -0.2) is 71.9 Å². The van der Waals surface area contributed by atoms with E-state index in [0.29, 0.717) is 25.6 Å². The molecular formula is C16H25N5O4. The van der Waals surface area contributed by atoms with Crippen molar-refractivity contribution >= 4 is 23.9 Å². The number of nitrogens with zero attached hydrogens (tertiary/aromatic N) is 2. The third-order valence-electron chi connectivity index (χ3n) is 5.31. The predicted molar refractivity (Wildman–Crippen MR) is 88.6 cm³/mol. The minimum absolute atomic E-state index is 0.0272. The fraction of sp³-hybridized carbons (Fsp3) is 0.750. The zero-order valence-corrected chi connectivity index (χ0v) is 14.4. The summed E-state index contributed by atoms with van der Waals surface area (Å²) in [6.45, 7) is 3.32. The summed E-state index contributed by atoms with van der Waals surface area (Å²) in [4.78, 5) is 50.6. The molecule has 1 saturated carbocycles. The van der Waals surface area contributed by atoms with E-state index in [0.717, 1.165) is 19.3 Å². The van der Waals surface area contributed by atoms with E-state index in [2.05, 4.69) is 22.9 Å². The maximum absolute atomic E-state index is 12.1. The Morgan fingerprint density at radius 1 is 1.20 bits per heavy atom. The fourth-order valence-electron chi connectivity index (χ4n) is 3.82. The van der Waals surface area contributed by atoms with Gasteiger partial charge >= 0.3 is 12.1 Å². The Labute approximate surface area is 146 Å². The van der Waals surface area contributed by atoms with Crippen LogP contribution in [0.3, 0.4) is 0 Å². The highest BCUT2D eigenvalue weighted by molar-refractivity contribution is 6.04. The highest BCUT2D eigenvalue weighted by atomic mass is 16.2. The molecule has 3 fully saturated rings. The van der Waals surface area contributed by atoms with E-state index in [-0.39, 0.29) is 24.5 Å². The van der Waals surface area contributed by atoms with E-state index in [9.17, 15) is 19.2 Å². The minimum atomic E-state index is -0.550. The van der Waals surface area contributed by atoms with Crippen molar-refractivity contribution in [2.45, 2.75) is 44.7 Å². The van der Waals surface area contributed by atoms with Gasteiger partial charge in [-0.3, -0.25) is 25.1 Å². The van der Waals surface area contributed by atoms with Crippen LogP contribution in [0.25, 0.3) is 0 Å². The van der Waals surface area contributed by atoms with Gasteiger partial charge in [0.25, 0.3) is 5.91 Å². The van der Waals surface area contributed by atoms with Gasteiger partial charge in [0.15, 0.2) is 0 Å². The number of carbonyl (C=O) groups is 4. The molecule has 0 aromatic heterocycles. The zero-order valence-electron chi connectivity index (χ0n) is 14.4. The minimum Gasteiger partial charge on any atom is -0.335 e. The molecule has 3 rings (SSSR count). The number of fused-ring (bicyclic) bond motifs is 1. The van der Waals surface area contributed by atoms with E-state index in [1.165, 1.54) is 11.3 Å². The monoisotopic (exact) mass is 351 g/mol. The van der Waals surface area contributed by atoms with Gasteiger partial charge in [-0.2, -0.15) is 0 Å². The van der Waals surface area contributed by atoms with Gasteiger partial charge < -0.3 is 10.2 Å². The first-order chi connectivity index (χ1) is 11.9. The summed E-state index contributed by atoms with van der Waals surface area (Å²) in [5.41, 5.74) is 0. The Balaban J connectivity index is 1.44. The summed E-state index contributed by atoms with van der Waals surface area (Å²) in [6.07, 6.45) is 4.31. The first-order valence-corrected chi connectivity index (χ1v) is 8.88. The number of imide groups is 2. The van der Waals surface area contributed by atoms with Gasteiger partial charge in [-0.25, -0.2) is 9.59 Å². The summed E-state index contributed by atoms with van der Waals surface area (Å²) >= 11 is 0. The first kappa shape index (κ1) is 17.7. The Hall–Kier alpha value is -2.16. The molecule has 1 aliphatic carbocycles. The van der Waals surface area contributed by atoms with Gasteiger partial charge in [-0.15, -0.1) is 0 Å². The average molecular weight is 351 g/mol. The Kier molecular flexibility index (Phi) is 5.22. The predicted octanol–water partition coefficient (Wildman–Crippen LogP) is -0.373. The number of amides is 6. The van der Waals surface area contributed by atoms with Crippen LogP contribution in [0.1, 0.15) is 32.6 Å². The number of rotatable bonds is 3. The third-order valence-corrected chi connectivity index (χ3v) is 5.31. The van der Waals surface area contributed by atoms with Gasteiger partial charge in [0.1, 0.15) is 6.04 Å². The van der Waals surface area contributed by atoms with Gasteiger partial charge in [-0.05, 0) is 18.8 Å². The topological polar surface area (TPSA) is 111 Å². The standard InChI is InChI=1S/C16H25N5O4/c1-10-4-2-3-5-11(10)17-15(24)18-13(22)9-20-6-7-21-12(8-20)14(23)19-16(21)25/h10-12H,2-9H2,1H3,(H,19,23,25)(H2,17,18,22,24)/t10-,11+,12+/m1/s1. The van der Waals surface area contributed by atoms with Crippen LogP contribution < -0.4 is 16.0 Å². The van der Waals surface area contributed by atoms with E-state index in [4.69, 9.17) is 0 Å². The number of hydrogen-bond acceptors (Lipinski definition) is 5. The molecular weight excluding hydrogens is 326 g/mol. The van der Waals surface area contributed by atoms with E-state index in [1.807, 2.05) is 0 Å². The number of carbonyl (C=O) groups excluding carboxylic acids is 4. The molecule has 3 N–H and O–H groups in total. The lowest BCUT2D eigenvalue weighted by molar-refractivity contribution is -0.125. The van der Waals surface area contributed by atoms with E-state index < -0.39 is 18.0 Å². The third kappa shape index (κ3) is 4.09. The Morgan fingerprint density at radius 2 is 1.96 bits per heavy atom. The van der Waals surface area contributed by atoms with Crippen molar-refractivity contribution in [1.29, 1.82) is 0 Å². The zero-order chi connectivity index (χ0) is 18.0. The summed E-state index contributed by atoms with van der Waals surface area (Å²) in [5.74, 6) is -0.320. The van der Waals surface area contributed by atoms with Crippen molar-refractivity contribution in [3.63, 3.8) is 0 Å². The number of urea groups is 2. The largest absolute Gasteiger partial charge is 0.335 e. The second-order valence-electron chi connectivity index (χ2n) is 7.13. The van der Waals surface area contributed by atoms with Gasteiger partial charge in [0.2, 0.25) is 5.91 Å². The molecule has 9 nitrogen and oxygen atoms in total. The van der Waals surface area contributed by atoms with Crippen molar-refractivity contribution in [3.8, 4) is 0 Å². The molecule has 3 atom stereocenters. The molecule has 0 radical (unpaired) electrons. The number of hydrogen-bond donors (Lipinski definition) is 3. The summed E-state index contributed by atoms with van der Waals surface area (Å²) in [6, 6.07) is -1.28. The van der Waals surface area contributed by atoms with Gasteiger partial charge in [-0.1, -0.05) is 19.8 Å². The van der Waals surface area contributed by atoms with Crippen LogP contribution in [0, 0.1) is 5.92 Å². The van der Waals surface area contributed by atoms with Crippen molar-refractivity contribution < 1.29 is 19.2 Å². The maximum atomic E-state index is 12.1. The van der Waals surface area contributed by atoms with Crippen LogP contribution in [0.5, 0.6) is 0 Å². The normalized spacial score (nSPS) is 29.8. The highest BCUT2D eigenvalue weighted by Crippen LogP contribution is 2.23. The molecule has 9 heteroatoms. The van der Waals surface area contributed by atoms with Crippen LogP contribution in [-0.2, 0) is 9.59 Å². The van der Waals surface area contributed by atoms with Crippen molar-refractivity contribution in [1.82, 2.24) is 25.8 Å². The van der Waals surface area contributed by atoms with E-state index >= 15 is 0 Å². The number of piperazine rings is 1. The van der Waals surface area contributed by atoms with Crippen molar-refractivity contribution in [3.05, 3.63) is 0 Å². The molecule has 25 heavy (non-hydrogen) atoms. The lowest BCUT2D eigenvalue weighted by Gasteiger charge is -2.34. The van der Waals surface area contributed by atoms with Gasteiger partial charge in [0, 0.05) is 25.7 Å². The fourth-order valence-corrected chi connectivity index (χ4v) is 3.82. The molecule has 0 bridgehead atoms. The SMILES string of the molecule is C[C@@H]1CCCC[C@@H]1NC(=O)NC(=O)CN1CCN2C(=O)NC(=O)[C@@H]2C1. The molecule has 138 valence electrons. The molecule has 6 amide bonds. The van der Waals surface area contributed by atoms with Crippen LogP contribution in [0.15, 0.2) is 0 Å². The smallest absolute Gasteiger partial charge is 0.324 e. The molecule has 2 heterocycles. The summed E-state index contributed by atoms with van der Waals surface area (Å²) in [5, 5.41) is 7.51. The van der Waals surface area contributed by atoms with Crippen molar-refractivity contribution in [2.75, 3.05) is 26.2 Å². The van der Waals surface area contributed by atoms with Gasteiger partial charge in [0.05, 0.1) is 6.54 Å². The Morgan fingerprint density at radius 3 is 2.72 bits per heavy atom.